The molecular weight excluding hydrogens is 232 g/mol. The van der Waals surface area contributed by atoms with Crippen LogP contribution in [-0.2, 0) is 12.8 Å². The molecular formula is C17H18N2. The van der Waals surface area contributed by atoms with Crippen molar-refractivity contribution < 1.29 is 0 Å². The lowest BCUT2D eigenvalue weighted by Crippen LogP contribution is -2.12. The molecule has 0 fully saturated rings. The van der Waals surface area contributed by atoms with Gasteiger partial charge in [-0.3, -0.25) is 4.98 Å². The second-order valence-corrected chi connectivity index (χ2v) is 5.02. The van der Waals surface area contributed by atoms with Crippen LogP contribution in [-0.4, -0.2) is 11.5 Å². The van der Waals surface area contributed by atoms with Gasteiger partial charge in [0, 0.05) is 29.7 Å². The van der Waals surface area contributed by atoms with Crippen molar-refractivity contribution in [3.63, 3.8) is 0 Å². The molecule has 0 saturated heterocycles. The van der Waals surface area contributed by atoms with E-state index in [1.54, 1.807) is 0 Å². The Bertz CT molecular complexity index is 637. The first kappa shape index (κ1) is 12.0. The monoisotopic (exact) mass is 250 g/mol. The number of para-hydroxylation sites is 1. The molecule has 2 heteroatoms. The van der Waals surface area contributed by atoms with E-state index in [-0.39, 0.29) is 0 Å². The van der Waals surface area contributed by atoms with Crippen molar-refractivity contribution in [3.05, 3.63) is 35.5 Å². The molecule has 2 nitrogen and oxygen atoms in total. The molecule has 0 radical (unpaired) electrons. The summed E-state index contributed by atoms with van der Waals surface area (Å²) in [7, 11) is 0. The molecule has 1 heterocycles. The molecule has 1 aromatic heterocycles. The number of benzene rings is 1. The van der Waals surface area contributed by atoms with Crippen molar-refractivity contribution in [2.45, 2.75) is 32.1 Å². The minimum Gasteiger partial charge on any atom is -0.383 e. The Balaban J connectivity index is 2.11. The van der Waals surface area contributed by atoms with Crippen molar-refractivity contribution in [3.8, 4) is 12.3 Å². The summed E-state index contributed by atoms with van der Waals surface area (Å²) in [5, 5.41) is 4.76. The number of fused-ring (bicyclic) bond motifs is 2. The predicted octanol–water partition coefficient (Wildman–Crippen LogP) is 3.55. The lowest BCUT2D eigenvalue weighted by Gasteiger charge is -2.21. The van der Waals surface area contributed by atoms with Gasteiger partial charge in [-0.05, 0) is 37.3 Å². The number of pyridine rings is 1. The van der Waals surface area contributed by atoms with E-state index in [2.05, 4.69) is 35.5 Å². The van der Waals surface area contributed by atoms with Gasteiger partial charge in [-0.2, -0.15) is 0 Å². The topological polar surface area (TPSA) is 24.9 Å². The smallest absolute Gasteiger partial charge is 0.0726 e. The average Bonchev–Trinajstić information content (AvgIpc) is 2.46. The van der Waals surface area contributed by atoms with Crippen LogP contribution in [0.15, 0.2) is 24.3 Å². The molecule has 1 aromatic carbocycles. The number of nitrogens with zero attached hydrogens (tertiary/aromatic N) is 1. The number of anilines is 1. The lowest BCUT2D eigenvalue weighted by atomic mass is 9.92. The van der Waals surface area contributed by atoms with E-state index in [0.717, 1.165) is 31.3 Å². The molecule has 0 aliphatic heterocycles. The molecule has 0 saturated carbocycles. The quantitative estimate of drug-likeness (QED) is 0.665. The second kappa shape index (κ2) is 5.32. The van der Waals surface area contributed by atoms with Gasteiger partial charge in [0.05, 0.1) is 5.52 Å². The van der Waals surface area contributed by atoms with Crippen LogP contribution < -0.4 is 5.32 Å². The van der Waals surface area contributed by atoms with Crippen molar-refractivity contribution in [2.24, 2.45) is 0 Å². The number of hydrogen-bond acceptors (Lipinski definition) is 2. The molecule has 0 unspecified atom stereocenters. The molecule has 1 N–H and O–H groups in total. The van der Waals surface area contributed by atoms with E-state index in [4.69, 9.17) is 11.4 Å². The van der Waals surface area contributed by atoms with E-state index in [1.807, 2.05) is 0 Å². The molecule has 19 heavy (non-hydrogen) atoms. The fourth-order valence-corrected chi connectivity index (χ4v) is 2.83. The minimum absolute atomic E-state index is 0.755. The van der Waals surface area contributed by atoms with Crippen LogP contribution in [0.25, 0.3) is 10.9 Å². The molecule has 3 rings (SSSR count). The Kier molecular flexibility index (Phi) is 3.37. The Morgan fingerprint density at radius 1 is 1.21 bits per heavy atom. The van der Waals surface area contributed by atoms with Crippen molar-refractivity contribution in [1.82, 2.24) is 4.98 Å². The fraction of sp³-hybridized carbons (Fsp3) is 0.353. The van der Waals surface area contributed by atoms with Gasteiger partial charge < -0.3 is 5.32 Å². The third-order valence-electron chi connectivity index (χ3n) is 3.74. The zero-order valence-corrected chi connectivity index (χ0v) is 11.1. The standard InChI is InChI=1S/C17H18N2/c1-2-3-12-18-17-13-8-4-6-10-15(13)19-16-11-7-5-9-14(16)17/h1,4,6,8,10H,3,5,7,9,11-12H2,(H,18,19). The summed E-state index contributed by atoms with van der Waals surface area (Å²) in [6.45, 7) is 0.830. The Labute approximate surface area is 114 Å². The normalized spacial score (nSPS) is 13.8. The summed E-state index contributed by atoms with van der Waals surface area (Å²) in [6, 6.07) is 8.37. The van der Waals surface area contributed by atoms with Crippen LogP contribution in [0, 0.1) is 12.3 Å². The van der Waals surface area contributed by atoms with Gasteiger partial charge in [0.25, 0.3) is 0 Å². The largest absolute Gasteiger partial charge is 0.383 e. The molecule has 0 amide bonds. The van der Waals surface area contributed by atoms with Crippen LogP contribution in [0.1, 0.15) is 30.5 Å². The maximum absolute atomic E-state index is 5.34. The third-order valence-corrected chi connectivity index (χ3v) is 3.74. The number of nitrogens with one attached hydrogen (secondary N) is 1. The van der Waals surface area contributed by atoms with Gasteiger partial charge in [-0.15, -0.1) is 12.3 Å². The van der Waals surface area contributed by atoms with Crippen LogP contribution >= 0.6 is 0 Å². The highest BCUT2D eigenvalue weighted by atomic mass is 14.9. The predicted molar refractivity (Wildman–Crippen MR) is 80.3 cm³/mol. The highest BCUT2D eigenvalue weighted by Crippen LogP contribution is 2.33. The zero-order chi connectivity index (χ0) is 13.1. The number of hydrogen-bond donors (Lipinski definition) is 1. The van der Waals surface area contributed by atoms with Crippen LogP contribution in [0.5, 0.6) is 0 Å². The lowest BCUT2D eigenvalue weighted by molar-refractivity contribution is 0.672. The molecule has 2 aromatic rings. The van der Waals surface area contributed by atoms with Gasteiger partial charge >= 0.3 is 0 Å². The number of rotatable bonds is 3. The van der Waals surface area contributed by atoms with E-state index in [9.17, 15) is 0 Å². The van der Waals surface area contributed by atoms with Crippen molar-refractivity contribution in [1.29, 1.82) is 0 Å². The van der Waals surface area contributed by atoms with Crippen molar-refractivity contribution >= 4 is 16.6 Å². The molecule has 1 aliphatic rings. The van der Waals surface area contributed by atoms with Crippen LogP contribution in [0.3, 0.4) is 0 Å². The van der Waals surface area contributed by atoms with Crippen molar-refractivity contribution in [2.75, 3.05) is 11.9 Å². The first-order valence-electron chi connectivity index (χ1n) is 6.98. The minimum atomic E-state index is 0.755. The summed E-state index contributed by atoms with van der Waals surface area (Å²) in [5.41, 5.74) is 5.03. The Morgan fingerprint density at radius 2 is 2.05 bits per heavy atom. The summed E-state index contributed by atoms with van der Waals surface area (Å²) in [6.07, 6.45) is 10.8. The van der Waals surface area contributed by atoms with E-state index in [0.29, 0.717) is 0 Å². The first-order valence-corrected chi connectivity index (χ1v) is 6.98. The summed E-state index contributed by atoms with van der Waals surface area (Å²) >= 11 is 0. The van der Waals surface area contributed by atoms with Gasteiger partial charge in [-0.1, -0.05) is 18.2 Å². The first-order chi connectivity index (χ1) is 9.40. The molecule has 0 bridgehead atoms. The van der Waals surface area contributed by atoms with E-state index in [1.165, 1.54) is 35.2 Å². The Morgan fingerprint density at radius 3 is 2.95 bits per heavy atom. The second-order valence-electron chi connectivity index (χ2n) is 5.02. The third kappa shape index (κ3) is 2.29. The van der Waals surface area contributed by atoms with Gasteiger partial charge in [0.15, 0.2) is 0 Å². The number of aryl methyl sites for hydroxylation is 1. The van der Waals surface area contributed by atoms with E-state index < -0.39 is 0 Å². The highest BCUT2D eigenvalue weighted by Gasteiger charge is 2.17. The summed E-state index contributed by atoms with van der Waals surface area (Å²) in [5.74, 6) is 2.69. The molecule has 0 atom stereocenters. The maximum Gasteiger partial charge on any atom is 0.0726 e. The van der Waals surface area contributed by atoms with Gasteiger partial charge in [0.1, 0.15) is 0 Å². The summed E-state index contributed by atoms with van der Waals surface area (Å²) < 4.78 is 0. The molecule has 96 valence electrons. The summed E-state index contributed by atoms with van der Waals surface area (Å²) in [4.78, 5) is 4.82. The molecule has 1 aliphatic carbocycles. The average molecular weight is 250 g/mol. The fourth-order valence-electron chi connectivity index (χ4n) is 2.83. The van der Waals surface area contributed by atoms with Crippen LogP contribution in [0.4, 0.5) is 5.69 Å². The maximum atomic E-state index is 5.34. The Hall–Kier alpha value is -2.01. The van der Waals surface area contributed by atoms with Gasteiger partial charge in [0.2, 0.25) is 0 Å². The number of aromatic nitrogens is 1. The van der Waals surface area contributed by atoms with E-state index >= 15 is 0 Å². The van der Waals surface area contributed by atoms with Crippen LogP contribution in [0.2, 0.25) is 0 Å². The molecule has 0 spiro atoms. The SMILES string of the molecule is C#CCCNc1c2c(nc3ccccc13)CCCC2. The highest BCUT2D eigenvalue weighted by molar-refractivity contribution is 5.93. The zero-order valence-electron chi connectivity index (χ0n) is 11.1. The number of terminal acetylenes is 1. The van der Waals surface area contributed by atoms with Gasteiger partial charge in [-0.25, -0.2) is 0 Å².